The van der Waals surface area contributed by atoms with Crippen LogP contribution >= 0.6 is 0 Å². The van der Waals surface area contributed by atoms with Gasteiger partial charge in [-0.15, -0.1) is 0 Å². The minimum Gasteiger partial charge on any atom is -0.380 e. The molecule has 2 unspecified atom stereocenters. The zero-order chi connectivity index (χ0) is 11.9. The van der Waals surface area contributed by atoms with Crippen molar-refractivity contribution in [2.45, 2.75) is 46.6 Å². The molecular formula is C14H22N2. The molecule has 2 atom stereocenters. The molecule has 2 heteroatoms. The zero-order valence-corrected chi connectivity index (χ0v) is 10.9. The predicted molar refractivity (Wildman–Crippen MR) is 68.7 cm³/mol. The Labute approximate surface area is 98.5 Å². The number of rotatable bonds is 1. The molecule has 1 aromatic heterocycles. The molecule has 16 heavy (non-hydrogen) atoms. The second-order valence-corrected chi connectivity index (χ2v) is 6.22. The summed E-state index contributed by atoms with van der Waals surface area (Å²) >= 11 is 0. The second kappa shape index (κ2) is 3.76. The van der Waals surface area contributed by atoms with Gasteiger partial charge in [0.15, 0.2) is 0 Å². The van der Waals surface area contributed by atoms with E-state index in [9.17, 15) is 0 Å². The molecule has 0 fully saturated rings. The average Bonchev–Trinajstić information content (AvgIpc) is 2.55. The summed E-state index contributed by atoms with van der Waals surface area (Å²) in [5.41, 5.74) is 2.94. The van der Waals surface area contributed by atoms with Gasteiger partial charge in [0, 0.05) is 18.2 Å². The van der Waals surface area contributed by atoms with E-state index in [-0.39, 0.29) is 5.41 Å². The van der Waals surface area contributed by atoms with Gasteiger partial charge in [-0.25, -0.2) is 0 Å². The fourth-order valence-corrected chi connectivity index (χ4v) is 2.81. The van der Waals surface area contributed by atoms with Gasteiger partial charge in [-0.1, -0.05) is 34.6 Å². The number of anilines is 1. The highest BCUT2D eigenvalue weighted by Gasteiger charge is 2.40. The van der Waals surface area contributed by atoms with Gasteiger partial charge < -0.3 is 5.32 Å². The number of nitrogens with zero attached hydrogens (tertiary/aromatic N) is 1. The molecule has 2 rings (SSSR count). The summed E-state index contributed by atoms with van der Waals surface area (Å²) in [6.07, 6.45) is 3.86. The number of aromatic nitrogens is 1. The second-order valence-electron chi connectivity index (χ2n) is 6.22. The first-order chi connectivity index (χ1) is 7.41. The van der Waals surface area contributed by atoms with E-state index in [2.05, 4.69) is 51.0 Å². The largest absolute Gasteiger partial charge is 0.380 e. The number of nitrogens with one attached hydrogen (secondary N) is 1. The summed E-state index contributed by atoms with van der Waals surface area (Å²) in [4.78, 5) is 4.20. The molecule has 0 aromatic carbocycles. The Kier molecular flexibility index (Phi) is 2.69. The molecule has 0 aliphatic carbocycles. The quantitative estimate of drug-likeness (QED) is 0.778. The predicted octanol–water partition coefficient (Wildman–Crippen LogP) is 3.66. The highest BCUT2D eigenvalue weighted by molar-refractivity contribution is 5.58. The molecule has 0 radical (unpaired) electrons. The Balaban J connectivity index is 2.44. The Bertz CT molecular complexity index is 377. The Morgan fingerprint density at radius 2 is 2.00 bits per heavy atom. The minimum atomic E-state index is 0.286. The highest BCUT2D eigenvalue weighted by atomic mass is 15.0. The van der Waals surface area contributed by atoms with Crippen LogP contribution in [-0.2, 0) is 0 Å². The van der Waals surface area contributed by atoms with E-state index in [4.69, 9.17) is 0 Å². The van der Waals surface area contributed by atoms with Crippen molar-refractivity contribution in [3.8, 4) is 0 Å². The van der Waals surface area contributed by atoms with E-state index in [1.807, 2.05) is 12.4 Å². The summed E-state index contributed by atoms with van der Waals surface area (Å²) in [7, 11) is 0. The molecule has 2 heterocycles. The van der Waals surface area contributed by atoms with Crippen molar-refractivity contribution in [2.75, 3.05) is 5.32 Å². The SMILES string of the molecule is CC(C)C1Nc2cnccc2C1C(C)(C)C. The van der Waals surface area contributed by atoms with Crippen molar-refractivity contribution in [1.29, 1.82) is 0 Å². The van der Waals surface area contributed by atoms with E-state index >= 15 is 0 Å². The van der Waals surface area contributed by atoms with Crippen LogP contribution in [-0.4, -0.2) is 11.0 Å². The fourth-order valence-electron chi connectivity index (χ4n) is 2.81. The molecule has 0 bridgehead atoms. The van der Waals surface area contributed by atoms with Gasteiger partial charge >= 0.3 is 0 Å². The minimum absolute atomic E-state index is 0.286. The monoisotopic (exact) mass is 218 g/mol. The summed E-state index contributed by atoms with van der Waals surface area (Å²) < 4.78 is 0. The standard InChI is InChI=1S/C14H22N2/c1-9(2)13-12(14(3,4)5)10-6-7-15-8-11(10)16-13/h6-9,12-13,16H,1-5H3. The Hall–Kier alpha value is -1.05. The van der Waals surface area contributed by atoms with Gasteiger partial charge in [0.1, 0.15) is 0 Å². The van der Waals surface area contributed by atoms with Crippen LogP contribution in [0.4, 0.5) is 5.69 Å². The van der Waals surface area contributed by atoms with Gasteiger partial charge in [-0.05, 0) is 23.0 Å². The van der Waals surface area contributed by atoms with Crippen molar-refractivity contribution >= 4 is 5.69 Å². The normalized spacial score (nSPS) is 24.4. The van der Waals surface area contributed by atoms with Crippen molar-refractivity contribution in [1.82, 2.24) is 4.98 Å². The van der Waals surface area contributed by atoms with Crippen LogP contribution in [0.5, 0.6) is 0 Å². The Morgan fingerprint density at radius 1 is 1.31 bits per heavy atom. The van der Waals surface area contributed by atoms with Gasteiger partial charge in [0.2, 0.25) is 0 Å². The maximum absolute atomic E-state index is 4.20. The summed E-state index contributed by atoms with van der Waals surface area (Å²) in [6.45, 7) is 11.5. The number of hydrogen-bond acceptors (Lipinski definition) is 2. The van der Waals surface area contributed by atoms with Gasteiger partial charge in [0.05, 0.1) is 11.9 Å². The van der Waals surface area contributed by atoms with Crippen molar-refractivity contribution in [3.63, 3.8) is 0 Å². The van der Waals surface area contributed by atoms with Crippen molar-refractivity contribution in [2.24, 2.45) is 11.3 Å². The lowest BCUT2D eigenvalue weighted by molar-refractivity contribution is 0.270. The molecule has 1 aliphatic heterocycles. The molecule has 88 valence electrons. The lowest BCUT2D eigenvalue weighted by Crippen LogP contribution is -2.34. The molecule has 2 nitrogen and oxygen atoms in total. The first-order valence-corrected chi connectivity index (χ1v) is 6.11. The highest BCUT2D eigenvalue weighted by Crippen LogP contribution is 2.47. The molecule has 1 aromatic rings. The lowest BCUT2D eigenvalue weighted by Gasteiger charge is -2.34. The van der Waals surface area contributed by atoms with Crippen LogP contribution < -0.4 is 5.32 Å². The molecule has 1 aliphatic rings. The lowest BCUT2D eigenvalue weighted by atomic mass is 9.71. The van der Waals surface area contributed by atoms with E-state index in [1.54, 1.807) is 0 Å². The first-order valence-electron chi connectivity index (χ1n) is 6.11. The number of hydrogen-bond donors (Lipinski definition) is 1. The van der Waals surface area contributed by atoms with Gasteiger partial charge in [-0.3, -0.25) is 4.98 Å². The van der Waals surface area contributed by atoms with Gasteiger partial charge in [0.25, 0.3) is 0 Å². The third-order valence-corrected chi connectivity index (χ3v) is 3.52. The van der Waals surface area contributed by atoms with Crippen LogP contribution in [0, 0.1) is 11.3 Å². The summed E-state index contributed by atoms with van der Waals surface area (Å²) in [6, 6.07) is 2.69. The van der Waals surface area contributed by atoms with Crippen molar-refractivity contribution in [3.05, 3.63) is 24.0 Å². The first kappa shape index (κ1) is 11.4. The van der Waals surface area contributed by atoms with Gasteiger partial charge in [-0.2, -0.15) is 0 Å². The third-order valence-electron chi connectivity index (χ3n) is 3.52. The smallest absolute Gasteiger partial charge is 0.0565 e. The van der Waals surface area contributed by atoms with E-state index in [0.29, 0.717) is 17.9 Å². The molecular weight excluding hydrogens is 196 g/mol. The molecule has 1 N–H and O–H groups in total. The average molecular weight is 218 g/mol. The van der Waals surface area contributed by atoms with E-state index in [1.165, 1.54) is 11.3 Å². The maximum Gasteiger partial charge on any atom is 0.0565 e. The maximum atomic E-state index is 4.20. The fraction of sp³-hybridized carbons (Fsp3) is 0.643. The van der Waals surface area contributed by atoms with E-state index in [0.717, 1.165) is 0 Å². The number of fused-ring (bicyclic) bond motifs is 1. The van der Waals surface area contributed by atoms with Crippen LogP contribution in [0.25, 0.3) is 0 Å². The van der Waals surface area contributed by atoms with Crippen LogP contribution in [0.3, 0.4) is 0 Å². The van der Waals surface area contributed by atoms with Crippen LogP contribution in [0.15, 0.2) is 18.5 Å². The molecule has 0 saturated carbocycles. The van der Waals surface area contributed by atoms with Crippen LogP contribution in [0.2, 0.25) is 0 Å². The zero-order valence-electron chi connectivity index (χ0n) is 10.9. The van der Waals surface area contributed by atoms with E-state index < -0.39 is 0 Å². The molecule has 0 saturated heterocycles. The topological polar surface area (TPSA) is 24.9 Å². The molecule has 0 spiro atoms. The number of pyridine rings is 1. The molecule has 0 amide bonds. The summed E-state index contributed by atoms with van der Waals surface area (Å²) in [5.74, 6) is 1.21. The van der Waals surface area contributed by atoms with Crippen LogP contribution in [0.1, 0.15) is 46.1 Å². The Morgan fingerprint density at radius 3 is 2.56 bits per heavy atom. The third kappa shape index (κ3) is 1.81. The van der Waals surface area contributed by atoms with Crippen molar-refractivity contribution < 1.29 is 0 Å². The summed E-state index contributed by atoms with van der Waals surface area (Å²) in [5, 5.41) is 3.63.